The normalized spacial score (nSPS) is 23.6. The number of hydrogen-bond donors (Lipinski definition) is 0. The van der Waals surface area contributed by atoms with Gasteiger partial charge in [0.05, 0.1) is 6.10 Å². The Morgan fingerprint density at radius 3 is 2.56 bits per heavy atom. The van der Waals surface area contributed by atoms with E-state index in [-0.39, 0.29) is 17.7 Å². The van der Waals surface area contributed by atoms with Crippen LogP contribution in [0.4, 0.5) is 0 Å². The Labute approximate surface area is 105 Å². The van der Waals surface area contributed by atoms with E-state index in [0.29, 0.717) is 23.3 Å². The Kier molecular flexibility index (Phi) is 2.84. The van der Waals surface area contributed by atoms with Crippen LogP contribution in [0.5, 0.6) is 0 Å². The second kappa shape index (κ2) is 4.50. The molecule has 0 aromatic heterocycles. The van der Waals surface area contributed by atoms with Gasteiger partial charge in [-0.1, -0.05) is 24.3 Å². The molecule has 1 aromatic rings. The summed E-state index contributed by atoms with van der Waals surface area (Å²) in [6, 6.07) is 6.98. The van der Waals surface area contributed by atoms with E-state index in [9.17, 15) is 9.59 Å². The number of ketones is 2. The van der Waals surface area contributed by atoms with Crippen molar-refractivity contribution in [2.24, 2.45) is 0 Å². The second-order valence-electron chi connectivity index (χ2n) is 4.69. The second-order valence-corrected chi connectivity index (χ2v) is 4.69. The first kappa shape index (κ1) is 11.4. The zero-order valence-electron chi connectivity index (χ0n) is 10.0. The van der Waals surface area contributed by atoms with E-state index in [1.165, 1.54) is 6.08 Å². The van der Waals surface area contributed by atoms with E-state index in [1.54, 1.807) is 24.3 Å². The molecule has 1 fully saturated rings. The van der Waals surface area contributed by atoms with Crippen molar-refractivity contribution in [2.75, 3.05) is 6.61 Å². The highest BCUT2D eigenvalue weighted by molar-refractivity contribution is 6.24. The van der Waals surface area contributed by atoms with E-state index in [0.717, 1.165) is 19.3 Å². The average Bonchev–Trinajstić information content (AvgIpc) is 2.44. The molecule has 2 aliphatic rings. The van der Waals surface area contributed by atoms with Crippen LogP contribution in [0.2, 0.25) is 0 Å². The maximum Gasteiger partial charge on any atom is 0.192 e. The third-order valence-corrected chi connectivity index (χ3v) is 3.51. The lowest BCUT2D eigenvalue weighted by Crippen LogP contribution is -2.29. The van der Waals surface area contributed by atoms with Crippen LogP contribution in [0.3, 0.4) is 0 Å². The first-order chi connectivity index (χ1) is 8.77. The monoisotopic (exact) mass is 242 g/mol. The van der Waals surface area contributed by atoms with E-state index < -0.39 is 0 Å². The molecule has 0 amide bonds. The molecular weight excluding hydrogens is 228 g/mol. The molecule has 3 nitrogen and oxygen atoms in total. The molecule has 0 radical (unpaired) electrons. The fourth-order valence-electron chi connectivity index (χ4n) is 2.56. The number of rotatable bonds is 1. The van der Waals surface area contributed by atoms with Gasteiger partial charge in [-0.15, -0.1) is 0 Å². The summed E-state index contributed by atoms with van der Waals surface area (Å²) in [5.41, 5.74) is 1.54. The lowest BCUT2D eigenvalue weighted by atomic mass is 9.85. The molecule has 1 saturated heterocycles. The summed E-state index contributed by atoms with van der Waals surface area (Å²) in [6.07, 6.45) is 4.16. The van der Waals surface area contributed by atoms with Crippen molar-refractivity contribution in [1.82, 2.24) is 0 Å². The third kappa shape index (κ3) is 1.81. The van der Waals surface area contributed by atoms with Crippen molar-refractivity contribution < 1.29 is 14.3 Å². The average molecular weight is 242 g/mol. The van der Waals surface area contributed by atoms with Crippen LogP contribution in [-0.2, 0) is 4.74 Å². The van der Waals surface area contributed by atoms with Gasteiger partial charge in [-0.25, -0.2) is 0 Å². The number of benzene rings is 1. The number of hydrogen-bond acceptors (Lipinski definition) is 3. The van der Waals surface area contributed by atoms with Gasteiger partial charge < -0.3 is 4.74 Å². The fraction of sp³-hybridized carbons (Fsp3) is 0.333. The van der Waals surface area contributed by atoms with Crippen LogP contribution in [0, 0.1) is 0 Å². The number of carbonyl (C=O) groups excluding carboxylic acids is 2. The predicted octanol–water partition coefficient (Wildman–Crippen LogP) is 2.56. The Hall–Kier alpha value is -1.74. The number of fused-ring (bicyclic) bond motifs is 1. The predicted molar refractivity (Wildman–Crippen MR) is 66.8 cm³/mol. The van der Waals surface area contributed by atoms with E-state index in [4.69, 9.17) is 4.74 Å². The van der Waals surface area contributed by atoms with Crippen LogP contribution < -0.4 is 0 Å². The summed E-state index contributed by atoms with van der Waals surface area (Å²) in [5, 5.41) is 0. The van der Waals surface area contributed by atoms with Gasteiger partial charge in [0.15, 0.2) is 11.6 Å². The minimum Gasteiger partial charge on any atom is -0.373 e. The van der Waals surface area contributed by atoms with Gasteiger partial charge in [-0.05, 0) is 25.3 Å². The van der Waals surface area contributed by atoms with Crippen LogP contribution in [0.25, 0.3) is 0 Å². The molecule has 0 saturated carbocycles. The molecule has 1 atom stereocenters. The minimum atomic E-state index is -0.205. The molecule has 1 heterocycles. The molecule has 92 valence electrons. The first-order valence-electron chi connectivity index (χ1n) is 6.28. The van der Waals surface area contributed by atoms with Gasteiger partial charge >= 0.3 is 0 Å². The number of ether oxygens (including phenoxy) is 1. The van der Waals surface area contributed by atoms with Gasteiger partial charge in [0.2, 0.25) is 0 Å². The van der Waals surface area contributed by atoms with Crippen LogP contribution >= 0.6 is 0 Å². The van der Waals surface area contributed by atoms with Crippen molar-refractivity contribution in [2.45, 2.75) is 25.4 Å². The summed E-state index contributed by atoms with van der Waals surface area (Å²) in [5.74, 6) is -0.147. The lowest BCUT2D eigenvalue weighted by Gasteiger charge is -2.26. The molecule has 0 bridgehead atoms. The molecular formula is C15H14O3. The zero-order valence-corrected chi connectivity index (χ0v) is 10.0. The highest BCUT2D eigenvalue weighted by Gasteiger charge is 2.31. The lowest BCUT2D eigenvalue weighted by molar-refractivity contribution is 0.0366. The highest BCUT2D eigenvalue weighted by Crippen LogP contribution is 2.28. The largest absolute Gasteiger partial charge is 0.373 e. The van der Waals surface area contributed by atoms with E-state index >= 15 is 0 Å². The van der Waals surface area contributed by atoms with E-state index in [2.05, 4.69) is 0 Å². The molecule has 1 unspecified atom stereocenters. The van der Waals surface area contributed by atoms with Gasteiger partial charge in [0.1, 0.15) is 0 Å². The zero-order chi connectivity index (χ0) is 12.5. The van der Waals surface area contributed by atoms with Gasteiger partial charge in [-0.3, -0.25) is 9.59 Å². The van der Waals surface area contributed by atoms with Crippen molar-refractivity contribution in [3.8, 4) is 0 Å². The van der Waals surface area contributed by atoms with Gasteiger partial charge in [-0.2, -0.15) is 0 Å². The van der Waals surface area contributed by atoms with Crippen LogP contribution in [0.1, 0.15) is 40.0 Å². The summed E-state index contributed by atoms with van der Waals surface area (Å²) < 4.78 is 5.61. The molecule has 3 rings (SSSR count). The van der Waals surface area contributed by atoms with Crippen molar-refractivity contribution in [3.63, 3.8) is 0 Å². The van der Waals surface area contributed by atoms with Crippen molar-refractivity contribution in [1.29, 1.82) is 0 Å². The molecule has 0 spiro atoms. The molecule has 18 heavy (non-hydrogen) atoms. The molecule has 1 aliphatic carbocycles. The Balaban J connectivity index is 1.98. The summed E-state index contributed by atoms with van der Waals surface area (Å²) in [4.78, 5) is 24.4. The van der Waals surface area contributed by atoms with Crippen LogP contribution in [-0.4, -0.2) is 24.3 Å². The number of Topliss-reactive ketones (excluding diaryl/α,β-unsaturated/α-hetero) is 1. The quantitative estimate of drug-likeness (QED) is 0.760. The standard InChI is InChI=1S/C15H14O3/c16-13-9-12(14-7-3-4-8-18-14)15(17)11-6-2-1-5-10(11)13/h1-2,5-6,9,14H,3-4,7-8H2. The van der Waals surface area contributed by atoms with Crippen molar-refractivity contribution >= 4 is 11.6 Å². The molecule has 0 N–H and O–H groups in total. The topological polar surface area (TPSA) is 43.4 Å². The molecule has 1 aliphatic heterocycles. The van der Waals surface area contributed by atoms with Gasteiger partial charge in [0.25, 0.3) is 0 Å². The summed E-state index contributed by atoms with van der Waals surface area (Å²) in [6.45, 7) is 0.672. The Bertz CT molecular complexity index is 536. The third-order valence-electron chi connectivity index (χ3n) is 3.51. The van der Waals surface area contributed by atoms with Crippen LogP contribution in [0.15, 0.2) is 35.9 Å². The Morgan fingerprint density at radius 2 is 1.83 bits per heavy atom. The maximum absolute atomic E-state index is 12.4. The SMILES string of the molecule is O=C1C=C(C2CCCCO2)C(=O)c2ccccc21. The fourth-order valence-corrected chi connectivity index (χ4v) is 2.56. The molecule has 1 aromatic carbocycles. The summed E-state index contributed by atoms with van der Waals surface area (Å²) >= 11 is 0. The highest BCUT2D eigenvalue weighted by atomic mass is 16.5. The first-order valence-corrected chi connectivity index (χ1v) is 6.28. The van der Waals surface area contributed by atoms with Gasteiger partial charge in [0, 0.05) is 23.3 Å². The number of allylic oxidation sites excluding steroid dienone is 1. The smallest absolute Gasteiger partial charge is 0.192 e. The number of carbonyl (C=O) groups is 2. The molecule has 3 heteroatoms. The van der Waals surface area contributed by atoms with Crippen molar-refractivity contribution in [3.05, 3.63) is 47.0 Å². The maximum atomic E-state index is 12.4. The minimum absolute atomic E-state index is 0.0582. The summed E-state index contributed by atoms with van der Waals surface area (Å²) in [7, 11) is 0. The van der Waals surface area contributed by atoms with E-state index in [1.807, 2.05) is 0 Å². The Morgan fingerprint density at radius 1 is 1.06 bits per heavy atom.